The Balaban J connectivity index is 1.99. The maximum absolute atomic E-state index is 5.59. The fraction of sp³-hybridized carbons (Fsp3) is 0. The van der Waals surface area contributed by atoms with Crippen LogP contribution in [0.25, 0.3) is 22.5 Å². The lowest BCUT2D eigenvalue weighted by atomic mass is 10.1. The van der Waals surface area contributed by atoms with E-state index in [2.05, 4.69) is 24.3 Å². The Hall–Kier alpha value is -2.28. The Morgan fingerprint density at radius 2 is 1.65 bits per heavy atom. The van der Waals surface area contributed by atoms with Crippen molar-refractivity contribution in [3.63, 3.8) is 0 Å². The summed E-state index contributed by atoms with van der Waals surface area (Å²) < 4.78 is 5.59. The summed E-state index contributed by atoms with van der Waals surface area (Å²) in [4.78, 5) is 0. The molecule has 0 bridgehead atoms. The lowest BCUT2D eigenvalue weighted by molar-refractivity contribution is 0.583. The van der Waals surface area contributed by atoms with E-state index in [0.717, 1.165) is 16.9 Å². The lowest BCUT2D eigenvalue weighted by Gasteiger charge is -1.94. The van der Waals surface area contributed by atoms with Crippen molar-refractivity contribution in [2.24, 2.45) is 0 Å². The minimum atomic E-state index is 0.876. The summed E-state index contributed by atoms with van der Waals surface area (Å²) >= 11 is 0. The van der Waals surface area contributed by atoms with Crippen LogP contribution in [0.1, 0.15) is 0 Å². The zero-order chi connectivity index (χ0) is 11.5. The molecule has 0 unspecified atom stereocenters. The van der Waals surface area contributed by atoms with Gasteiger partial charge in [-0.25, -0.2) is 0 Å². The number of hydrogen-bond donors (Lipinski definition) is 0. The fourth-order valence-electron chi connectivity index (χ4n) is 1.82. The minimum Gasteiger partial charge on any atom is -0.464 e. The maximum atomic E-state index is 5.59. The van der Waals surface area contributed by atoms with Gasteiger partial charge < -0.3 is 4.42 Å². The molecule has 17 heavy (non-hydrogen) atoms. The normalized spacial score (nSPS) is 10.4. The third-order valence-corrected chi connectivity index (χ3v) is 2.70. The molecule has 0 aliphatic heterocycles. The second-order valence-corrected chi connectivity index (χ2v) is 3.86. The Kier molecular flexibility index (Phi) is 2.51. The third kappa shape index (κ3) is 2.00. The first kappa shape index (κ1) is 9.91. The summed E-state index contributed by atoms with van der Waals surface area (Å²) in [6, 6.07) is 23.1. The Morgan fingerprint density at radius 1 is 0.824 bits per heavy atom. The highest BCUT2D eigenvalue weighted by Gasteiger charge is 2.05. The second kappa shape index (κ2) is 4.30. The van der Waals surface area contributed by atoms with Crippen LogP contribution in [-0.2, 0) is 0 Å². The van der Waals surface area contributed by atoms with E-state index in [-0.39, 0.29) is 0 Å². The van der Waals surface area contributed by atoms with Crippen LogP contribution in [0, 0.1) is 6.07 Å². The Bertz CT molecular complexity index is 540. The van der Waals surface area contributed by atoms with E-state index < -0.39 is 0 Å². The van der Waals surface area contributed by atoms with Crippen molar-refractivity contribution in [3.8, 4) is 22.5 Å². The van der Waals surface area contributed by atoms with E-state index in [1.165, 1.54) is 5.56 Å². The fourth-order valence-corrected chi connectivity index (χ4v) is 1.82. The number of rotatable bonds is 2. The molecule has 1 aromatic heterocycles. The Morgan fingerprint density at radius 3 is 2.41 bits per heavy atom. The van der Waals surface area contributed by atoms with Crippen LogP contribution < -0.4 is 0 Å². The molecule has 0 aliphatic carbocycles. The summed E-state index contributed by atoms with van der Waals surface area (Å²) in [6.07, 6.45) is 1.79. The molecule has 3 rings (SSSR count). The van der Waals surface area contributed by atoms with E-state index in [1.54, 1.807) is 6.26 Å². The molecule has 0 aliphatic rings. The summed E-state index contributed by atoms with van der Waals surface area (Å²) in [7, 11) is 0. The highest BCUT2D eigenvalue weighted by molar-refractivity contribution is 5.69. The van der Waals surface area contributed by atoms with Crippen LogP contribution in [0.15, 0.2) is 71.3 Å². The highest BCUT2D eigenvalue weighted by Crippen LogP contribution is 2.27. The van der Waals surface area contributed by atoms with Gasteiger partial charge in [-0.3, -0.25) is 0 Å². The lowest BCUT2D eigenvalue weighted by Crippen LogP contribution is -1.72. The first-order valence-electron chi connectivity index (χ1n) is 5.54. The van der Waals surface area contributed by atoms with Gasteiger partial charge >= 0.3 is 0 Å². The van der Waals surface area contributed by atoms with Crippen LogP contribution in [-0.4, -0.2) is 0 Å². The quantitative estimate of drug-likeness (QED) is 0.622. The van der Waals surface area contributed by atoms with Crippen LogP contribution in [0.3, 0.4) is 0 Å². The molecule has 1 heteroatoms. The summed E-state index contributed by atoms with van der Waals surface area (Å²) in [5, 5.41) is 0. The molecule has 0 spiro atoms. The molecule has 0 saturated heterocycles. The van der Waals surface area contributed by atoms with Crippen LogP contribution in [0.2, 0.25) is 0 Å². The van der Waals surface area contributed by atoms with E-state index >= 15 is 0 Å². The van der Waals surface area contributed by atoms with Crippen molar-refractivity contribution in [3.05, 3.63) is 73.0 Å². The maximum Gasteiger partial charge on any atom is 0.134 e. The van der Waals surface area contributed by atoms with Gasteiger partial charge in [-0.05, 0) is 23.8 Å². The molecule has 0 amide bonds. The standard InChI is InChI=1S/C16H11O/c1-3-7-13(8-4-1)15-11-16(17-12-15)14-9-5-2-6-10-14/h1-5,7-12H. The SMILES string of the molecule is [c]1cccc(-c2cc(-c3ccccc3)co2)c1. The summed E-state index contributed by atoms with van der Waals surface area (Å²) in [5.41, 5.74) is 3.32. The van der Waals surface area contributed by atoms with Crippen molar-refractivity contribution >= 4 is 0 Å². The third-order valence-electron chi connectivity index (χ3n) is 2.70. The largest absolute Gasteiger partial charge is 0.464 e. The summed E-state index contributed by atoms with van der Waals surface area (Å²) in [6.45, 7) is 0. The van der Waals surface area contributed by atoms with Gasteiger partial charge in [0.1, 0.15) is 5.76 Å². The highest BCUT2D eigenvalue weighted by atomic mass is 16.3. The molecule has 1 radical (unpaired) electrons. The zero-order valence-electron chi connectivity index (χ0n) is 9.26. The predicted octanol–water partition coefficient (Wildman–Crippen LogP) is 4.41. The van der Waals surface area contributed by atoms with Crippen LogP contribution in [0.5, 0.6) is 0 Å². The van der Waals surface area contributed by atoms with E-state index in [9.17, 15) is 0 Å². The first-order chi connectivity index (χ1) is 8.43. The van der Waals surface area contributed by atoms with Crippen molar-refractivity contribution in [2.75, 3.05) is 0 Å². The van der Waals surface area contributed by atoms with Crippen LogP contribution >= 0.6 is 0 Å². The molecule has 0 atom stereocenters. The number of benzene rings is 2. The van der Waals surface area contributed by atoms with Gasteiger partial charge in [-0.1, -0.05) is 48.5 Å². The van der Waals surface area contributed by atoms with E-state index in [1.807, 2.05) is 42.5 Å². The molecular formula is C16H11O. The molecule has 3 aromatic rings. The predicted molar refractivity (Wildman–Crippen MR) is 68.4 cm³/mol. The smallest absolute Gasteiger partial charge is 0.134 e. The molecule has 0 saturated carbocycles. The van der Waals surface area contributed by atoms with Gasteiger partial charge in [0.25, 0.3) is 0 Å². The zero-order valence-corrected chi connectivity index (χ0v) is 9.26. The molecular weight excluding hydrogens is 208 g/mol. The van der Waals surface area contributed by atoms with Crippen molar-refractivity contribution in [1.82, 2.24) is 0 Å². The number of furan rings is 1. The van der Waals surface area contributed by atoms with Gasteiger partial charge in [0.15, 0.2) is 0 Å². The van der Waals surface area contributed by atoms with Gasteiger partial charge in [-0.2, -0.15) is 0 Å². The average Bonchev–Trinajstić information content (AvgIpc) is 2.90. The van der Waals surface area contributed by atoms with Gasteiger partial charge in [0, 0.05) is 11.1 Å². The van der Waals surface area contributed by atoms with Crippen molar-refractivity contribution < 1.29 is 4.42 Å². The Labute approximate surface area is 100 Å². The second-order valence-electron chi connectivity index (χ2n) is 3.86. The molecule has 1 heterocycles. The van der Waals surface area contributed by atoms with Gasteiger partial charge in [-0.15, -0.1) is 0 Å². The minimum absolute atomic E-state index is 0.876. The van der Waals surface area contributed by atoms with Crippen molar-refractivity contribution in [2.45, 2.75) is 0 Å². The molecule has 81 valence electrons. The van der Waals surface area contributed by atoms with E-state index in [4.69, 9.17) is 4.42 Å². The van der Waals surface area contributed by atoms with Gasteiger partial charge in [0.2, 0.25) is 0 Å². The molecule has 1 nitrogen and oxygen atoms in total. The summed E-state index contributed by atoms with van der Waals surface area (Å²) in [5.74, 6) is 0.876. The molecule has 0 fully saturated rings. The van der Waals surface area contributed by atoms with Gasteiger partial charge in [0.05, 0.1) is 6.26 Å². The van der Waals surface area contributed by atoms with E-state index in [0.29, 0.717) is 0 Å². The topological polar surface area (TPSA) is 13.1 Å². The number of hydrogen-bond acceptors (Lipinski definition) is 1. The average molecular weight is 219 g/mol. The van der Waals surface area contributed by atoms with Crippen molar-refractivity contribution in [1.29, 1.82) is 0 Å². The monoisotopic (exact) mass is 219 g/mol. The molecule has 2 aromatic carbocycles. The van der Waals surface area contributed by atoms with Crippen LogP contribution in [0.4, 0.5) is 0 Å². The first-order valence-corrected chi connectivity index (χ1v) is 5.54. The molecule has 0 N–H and O–H groups in total.